The number of likely N-dealkylation sites (tertiary alicyclic amines) is 1. The van der Waals surface area contributed by atoms with Crippen molar-refractivity contribution in [3.63, 3.8) is 0 Å². The van der Waals surface area contributed by atoms with Gasteiger partial charge in [-0.3, -0.25) is 9.69 Å². The number of carbonyl (C=O) groups is 2. The zero-order chi connectivity index (χ0) is 25.2. The summed E-state index contributed by atoms with van der Waals surface area (Å²) in [6.45, 7) is 5.77. The molecule has 1 aliphatic rings. The van der Waals surface area contributed by atoms with Gasteiger partial charge in [0, 0.05) is 24.4 Å². The van der Waals surface area contributed by atoms with Crippen molar-refractivity contribution in [2.45, 2.75) is 45.3 Å². The maximum atomic E-state index is 13.5. The van der Waals surface area contributed by atoms with E-state index in [2.05, 4.69) is 15.3 Å². The molecule has 0 radical (unpaired) electrons. The van der Waals surface area contributed by atoms with Crippen LogP contribution in [-0.4, -0.2) is 45.1 Å². The Bertz CT molecular complexity index is 1210. The lowest BCUT2D eigenvalue weighted by molar-refractivity contribution is -0.120. The summed E-state index contributed by atoms with van der Waals surface area (Å²) in [6.07, 6.45) is 2.12. The molecule has 2 aromatic heterocycles. The Morgan fingerprint density at radius 3 is 2.60 bits per heavy atom. The van der Waals surface area contributed by atoms with Crippen LogP contribution in [0.15, 0.2) is 42.6 Å². The summed E-state index contributed by atoms with van der Waals surface area (Å²) < 4.78 is 24.8. The number of nitrogens with zero attached hydrogens (tertiary/aromatic N) is 3. The molecule has 1 aromatic carbocycles. The van der Waals surface area contributed by atoms with E-state index in [1.54, 1.807) is 45.0 Å². The fourth-order valence-corrected chi connectivity index (χ4v) is 4.47. The van der Waals surface area contributed by atoms with Gasteiger partial charge in [-0.15, -0.1) is 0 Å². The molecular weight excluding hydrogens is 495 g/mol. The largest absolute Gasteiger partial charge is 0.444 e. The molecule has 1 saturated heterocycles. The number of carbonyl (C=O) groups excluding carboxylic acids is 2. The van der Waals surface area contributed by atoms with Gasteiger partial charge in [-0.1, -0.05) is 22.9 Å². The van der Waals surface area contributed by atoms with Crippen molar-refractivity contribution in [1.82, 2.24) is 14.9 Å². The number of hydrogen-bond acceptors (Lipinski definition) is 7. The van der Waals surface area contributed by atoms with Crippen molar-refractivity contribution in [3.8, 4) is 22.2 Å². The normalized spacial score (nSPS) is 15.7. The molecule has 35 heavy (non-hydrogen) atoms. The SMILES string of the molecule is CC(C)(C)OC(=O)N1CCCC1C(=O)Nc1nc(-c2ccc(F)cc2)c(Oc2ccc(Cl)cn2)s1. The lowest BCUT2D eigenvalue weighted by Crippen LogP contribution is -2.45. The molecule has 3 heterocycles. The van der Waals surface area contributed by atoms with Crippen molar-refractivity contribution in [3.05, 3.63) is 53.4 Å². The van der Waals surface area contributed by atoms with Crippen LogP contribution in [0.5, 0.6) is 10.9 Å². The third-order valence-corrected chi connectivity index (χ3v) is 6.10. The Morgan fingerprint density at radius 1 is 1.20 bits per heavy atom. The van der Waals surface area contributed by atoms with Crippen LogP contribution in [0.1, 0.15) is 33.6 Å². The topological polar surface area (TPSA) is 93.7 Å². The van der Waals surface area contributed by atoms with Gasteiger partial charge < -0.3 is 14.8 Å². The lowest BCUT2D eigenvalue weighted by Gasteiger charge is -2.27. The number of nitrogens with one attached hydrogen (secondary N) is 1. The van der Waals surface area contributed by atoms with Gasteiger partial charge in [0.25, 0.3) is 0 Å². The molecule has 1 atom stereocenters. The van der Waals surface area contributed by atoms with Gasteiger partial charge in [-0.05, 0) is 63.9 Å². The minimum absolute atomic E-state index is 0.273. The average molecular weight is 519 g/mol. The smallest absolute Gasteiger partial charge is 0.410 e. The molecule has 184 valence electrons. The summed E-state index contributed by atoms with van der Waals surface area (Å²) in [7, 11) is 0. The lowest BCUT2D eigenvalue weighted by atomic mass is 10.2. The van der Waals surface area contributed by atoms with Crippen LogP contribution < -0.4 is 10.1 Å². The van der Waals surface area contributed by atoms with Gasteiger partial charge >= 0.3 is 6.09 Å². The quantitative estimate of drug-likeness (QED) is 0.437. The van der Waals surface area contributed by atoms with Gasteiger partial charge in [0.2, 0.25) is 16.9 Å². The highest BCUT2D eigenvalue weighted by molar-refractivity contribution is 7.18. The second-order valence-electron chi connectivity index (χ2n) is 8.90. The van der Waals surface area contributed by atoms with Crippen LogP contribution in [-0.2, 0) is 9.53 Å². The van der Waals surface area contributed by atoms with Crippen LogP contribution in [0.2, 0.25) is 5.02 Å². The molecule has 0 saturated carbocycles. The molecule has 4 rings (SSSR count). The van der Waals surface area contributed by atoms with Crippen molar-refractivity contribution >= 4 is 40.1 Å². The average Bonchev–Trinajstić information content (AvgIpc) is 3.42. The molecule has 11 heteroatoms. The van der Waals surface area contributed by atoms with E-state index < -0.39 is 17.7 Å². The molecule has 0 spiro atoms. The second kappa shape index (κ2) is 10.2. The summed E-state index contributed by atoms with van der Waals surface area (Å²) >= 11 is 7.00. The predicted octanol–water partition coefficient (Wildman–Crippen LogP) is 6.13. The predicted molar refractivity (Wildman–Crippen MR) is 131 cm³/mol. The number of thiazole rings is 1. The number of pyridine rings is 1. The number of anilines is 1. The third kappa shape index (κ3) is 6.26. The fourth-order valence-electron chi connectivity index (χ4n) is 3.50. The second-order valence-corrected chi connectivity index (χ2v) is 10.3. The first kappa shape index (κ1) is 24.9. The first-order chi connectivity index (χ1) is 16.6. The molecule has 1 aliphatic heterocycles. The van der Waals surface area contributed by atoms with Crippen molar-refractivity contribution in [2.75, 3.05) is 11.9 Å². The van der Waals surface area contributed by atoms with Gasteiger partial charge in [-0.2, -0.15) is 0 Å². The van der Waals surface area contributed by atoms with E-state index in [0.29, 0.717) is 40.7 Å². The number of halogens is 2. The van der Waals surface area contributed by atoms with Crippen LogP contribution in [0.25, 0.3) is 11.3 Å². The Kier molecular flexibility index (Phi) is 7.23. The summed E-state index contributed by atoms with van der Waals surface area (Å²) in [5.41, 5.74) is 0.350. The molecule has 8 nitrogen and oxygen atoms in total. The first-order valence-electron chi connectivity index (χ1n) is 11.0. The number of hydrogen-bond donors (Lipinski definition) is 1. The highest BCUT2D eigenvalue weighted by atomic mass is 35.5. The standard InChI is InChI=1S/C24H24ClFN4O4S/c1-24(2,3)34-23(32)30-12-4-5-17(30)20(31)29-22-28-19(14-6-9-16(26)10-7-14)21(35-22)33-18-11-8-15(25)13-27-18/h6-11,13,17H,4-5,12H2,1-3H3,(H,28,29,31). The Morgan fingerprint density at radius 2 is 1.94 bits per heavy atom. The van der Waals surface area contributed by atoms with Crippen molar-refractivity contribution < 1.29 is 23.5 Å². The number of amides is 2. The van der Waals surface area contributed by atoms with Crippen molar-refractivity contribution in [1.29, 1.82) is 0 Å². The minimum atomic E-state index is -0.676. The first-order valence-corrected chi connectivity index (χ1v) is 12.2. The zero-order valence-corrected chi connectivity index (χ0v) is 21.0. The van der Waals surface area contributed by atoms with Crippen LogP contribution in [0, 0.1) is 5.82 Å². The van der Waals surface area contributed by atoms with E-state index in [4.69, 9.17) is 21.1 Å². The van der Waals surface area contributed by atoms with Gasteiger partial charge in [0.1, 0.15) is 23.2 Å². The minimum Gasteiger partial charge on any atom is -0.444 e. The van der Waals surface area contributed by atoms with E-state index in [1.165, 1.54) is 23.2 Å². The number of rotatable bonds is 5. The van der Waals surface area contributed by atoms with Gasteiger partial charge in [0.05, 0.1) is 5.02 Å². The molecule has 0 bridgehead atoms. The fraction of sp³-hybridized carbons (Fsp3) is 0.333. The Labute approximate surface area is 211 Å². The summed E-state index contributed by atoms with van der Waals surface area (Å²) in [4.78, 5) is 35.7. The van der Waals surface area contributed by atoms with E-state index in [-0.39, 0.29) is 22.7 Å². The number of benzene rings is 1. The number of ether oxygens (including phenoxy) is 2. The van der Waals surface area contributed by atoms with E-state index in [0.717, 1.165) is 11.3 Å². The highest BCUT2D eigenvalue weighted by Crippen LogP contribution is 2.40. The Balaban J connectivity index is 1.57. The molecule has 2 amide bonds. The summed E-state index contributed by atoms with van der Waals surface area (Å²) in [5, 5.41) is 3.88. The molecule has 1 N–H and O–H groups in total. The molecule has 3 aromatic rings. The van der Waals surface area contributed by atoms with E-state index >= 15 is 0 Å². The maximum absolute atomic E-state index is 13.5. The molecular formula is C24H24ClFN4O4S. The summed E-state index contributed by atoms with van der Waals surface area (Å²) in [6, 6.07) is 8.33. The van der Waals surface area contributed by atoms with E-state index in [1.807, 2.05) is 0 Å². The van der Waals surface area contributed by atoms with Crippen LogP contribution in [0.3, 0.4) is 0 Å². The zero-order valence-electron chi connectivity index (χ0n) is 19.4. The van der Waals surface area contributed by atoms with Crippen LogP contribution >= 0.6 is 22.9 Å². The molecule has 1 fully saturated rings. The molecule has 1 unspecified atom stereocenters. The number of aromatic nitrogens is 2. The van der Waals surface area contributed by atoms with Crippen molar-refractivity contribution in [2.24, 2.45) is 0 Å². The Hall–Kier alpha value is -3.24. The maximum Gasteiger partial charge on any atom is 0.410 e. The summed E-state index contributed by atoms with van der Waals surface area (Å²) in [5.74, 6) is -0.474. The van der Waals surface area contributed by atoms with Gasteiger partial charge in [0.15, 0.2) is 5.13 Å². The van der Waals surface area contributed by atoms with Crippen LogP contribution in [0.4, 0.5) is 14.3 Å². The molecule has 0 aliphatic carbocycles. The third-order valence-electron chi connectivity index (χ3n) is 5.02. The van der Waals surface area contributed by atoms with E-state index in [9.17, 15) is 14.0 Å². The highest BCUT2D eigenvalue weighted by Gasteiger charge is 2.37. The monoisotopic (exact) mass is 518 g/mol. The van der Waals surface area contributed by atoms with Gasteiger partial charge in [-0.25, -0.2) is 19.2 Å².